The maximum Gasteiger partial charge on any atom is 0.0673 e. The maximum absolute atomic E-state index is 3.66. The Morgan fingerprint density at radius 3 is 2.39 bits per heavy atom. The summed E-state index contributed by atoms with van der Waals surface area (Å²) in [6.07, 6.45) is 1.16. The number of benzene rings is 1. The van der Waals surface area contributed by atoms with Crippen LogP contribution in [0.1, 0.15) is 41.0 Å². The van der Waals surface area contributed by atoms with Gasteiger partial charge in [-0.1, -0.05) is 36.8 Å². The van der Waals surface area contributed by atoms with Crippen LogP contribution in [-0.2, 0) is 0 Å². The maximum atomic E-state index is 3.66. The van der Waals surface area contributed by atoms with Gasteiger partial charge in [-0.05, 0) is 49.4 Å². The fourth-order valence-electron chi connectivity index (χ4n) is 2.09. The zero-order valence-electron chi connectivity index (χ0n) is 11.4. The highest BCUT2D eigenvalue weighted by atomic mass is 32.1. The zero-order valence-corrected chi connectivity index (χ0v) is 12.2. The summed E-state index contributed by atoms with van der Waals surface area (Å²) in [4.78, 5) is 1.44. The largest absolute Gasteiger partial charge is 0.306 e. The monoisotopic (exact) mass is 259 g/mol. The van der Waals surface area contributed by atoms with Crippen molar-refractivity contribution in [2.24, 2.45) is 0 Å². The molecule has 1 nitrogen and oxygen atoms in total. The molecule has 0 fully saturated rings. The zero-order chi connectivity index (χ0) is 13.0. The van der Waals surface area contributed by atoms with Crippen molar-refractivity contribution in [3.8, 4) is 0 Å². The second-order valence-corrected chi connectivity index (χ2v) is 5.71. The summed E-state index contributed by atoms with van der Waals surface area (Å²) in [6, 6.07) is 11.4. The van der Waals surface area contributed by atoms with Crippen molar-refractivity contribution in [1.29, 1.82) is 0 Å². The van der Waals surface area contributed by atoms with Gasteiger partial charge in [-0.25, -0.2) is 0 Å². The van der Waals surface area contributed by atoms with Crippen LogP contribution < -0.4 is 5.32 Å². The first kappa shape index (κ1) is 13.3. The highest BCUT2D eigenvalue weighted by molar-refractivity contribution is 7.10. The Morgan fingerprint density at radius 2 is 1.83 bits per heavy atom. The Morgan fingerprint density at radius 1 is 1.11 bits per heavy atom. The SMILES string of the molecule is CCCNC(c1ccc(C)cc1)c1sccc1C. The number of hydrogen-bond donors (Lipinski definition) is 1. The van der Waals surface area contributed by atoms with E-state index >= 15 is 0 Å². The van der Waals surface area contributed by atoms with E-state index in [-0.39, 0.29) is 0 Å². The van der Waals surface area contributed by atoms with Crippen molar-refractivity contribution in [2.45, 2.75) is 33.2 Å². The minimum absolute atomic E-state index is 0.338. The van der Waals surface area contributed by atoms with Crippen LogP contribution in [0.2, 0.25) is 0 Å². The molecule has 2 heteroatoms. The molecule has 1 atom stereocenters. The van der Waals surface area contributed by atoms with Gasteiger partial charge in [-0.2, -0.15) is 0 Å². The summed E-state index contributed by atoms with van der Waals surface area (Å²) >= 11 is 1.84. The van der Waals surface area contributed by atoms with Crippen LogP contribution in [0.4, 0.5) is 0 Å². The van der Waals surface area contributed by atoms with Crippen LogP contribution in [-0.4, -0.2) is 6.54 Å². The van der Waals surface area contributed by atoms with Gasteiger partial charge in [-0.3, -0.25) is 0 Å². The van der Waals surface area contributed by atoms with Gasteiger partial charge in [0.25, 0.3) is 0 Å². The molecule has 1 unspecified atom stereocenters. The number of aryl methyl sites for hydroxylation is 2. The molecule has 0 aliphatic rings. The minimum Gasteiger partial charge on any atom is -0.306 e. The quantitative estimate of drug-likeness (QED) is 0.836. The van der Waals surface area contributed by atoms with Crippen LogP contribution in [0.25, 0.3) is 0 Å². The lowest BCUT2D eigenvalue weighted by Crippen LogP contribution is -2.22. The lowest BCUT2D eigenvalue weighted by molar-refractivity contribution is 0.604. The van der Waals surface area contributed by atoms with Gasteiger partial charge in [0, 0.05) is 4.88 Å². The van der Waals surface area contributed by atoms with Crippen molar-refractivity contribution >= 4 is 11.3 Å². The van der Waals surface area contributed by atoms with E-state index in [1.165, 1.54) is 21.6 Å². The Hall–Kier alpha value is -1.12. The fraction of sp³-hybridized carbons (Fsp3) is 0.375. The second-order valence-electron chi connectivity index (χ2n) is 4.77. The molecular weight excluding hydrogens is 238 g/mol. The van der Waals surface area contributed by atoms with Gasteiger partial charge < -0.3 is 5.32 Å². The van der Waals surface area contributed by atoms with Gasteiger partial charge in [-0.15, -0.1) is 11.3 Å². The normalized spacial score (nSPS) is 12.6. The van der Waals surface area contributed by atoms with Crippen molar-refractivity contribution in [2.75, 3.05) is 6.54 Å². The third-order valence-electron chi connectivity index (χ3n) is 3.17. The smallest absolute Gasteiger partial charge is 0.0673 e. The van der Waals surface area contributed by atoms with Crippen molar-refractivity contribution < 1.29 is 0 Å². The molecule has 18 heavy (non-hydrogen) atoms. The first-order valence-electron chi connectivity index (χ1n) is 6.56. The molecule has 1 heterocycles. The molecule has 96 valence electrons. The predicted octanol–water partition coefficient (Wildman–Crippen LogP) is 4.45. The summed E-state index contributed by atoms with van der Waals surface area (Å²) in [7, 11) is 0. The van der Waals surface area contributed by atoms with E-state index in [2.05, 4.69) is 61.8 Å². The van der Waals surface area contributed by atoms with Crippen molar-refractivity contribution in [3.63, 3.8) is 0 Å². The van der Waals surface area contributed by atoms with Crippen LogP contribution in [0.5, 0.6) is 0 Å². The van der Waals surface area contributed by atoms with Gasteiger partial charge in [0.2, 0.25) is 0 Å². The Kier molecular flexibility index (Phi) is 4.56. The highest BCUT2D eigenvalue weighted by Gasteiger charge is 2.16. The summed E-state index contributed by atoms with van der Waals surface area (Å²) in [5, 5.41) is 5.84. The van der Waals surface area contributed by atoms with E-state index in [9.17, 15) is 0 Å². The molecule has 0 saturated heterocycles. The van der Waals surface area contributed by atoms with E-state index in [4.69, 9.17) is 0 Å². The number of thiophene rings is 1. The molecule has 2 aromatic rings. The van der Waals surface area contributed by atoms with Gasteiger partial charge >= 0.3 is 0 Å². The summed E-state index contributed by atoms with van der Waals surface area (Å²) in [6.45, 7) is 7.59. The molecule has 1 N–H and O–H groups in total. The van der Waals surface area contributed by atoms with Gasteiger partial charge in [0.05, 0.1) is 6.04 Å². The molecule has 0 bridgehead atoms. The third-order valence-corrected chi connectivity index (χ3v) is 4.26. The lowest BCUT2D eigenvalue weighted by atomic mass is 10.0. The minimum atomic E-state index is 0.338. The summed E-state index contributed by atoms with van der Waals surface area (Å²) < 4.78 is 0. The molecule has 0 amide bonds. The molecule has 0 aliphatic heterocycles. The molecule has 1 aromatic carbocycles. The van der Waals surface area contributed by atoms with Crippen LogP contribution >= 0.6 is 11.3 Å². The number of rotatable bonds is 5. The number of hydrogen-bond acceptors (Lipinski definition) is 2. The first-order valence-corrected chi connectivity index (χ1v) is 7.44. The third kappa shape index (κ3) is 3.01. The molecule has 1 aromatic heterocycles. The topological polar surface area (TPSA) is 12.0 Å². The summed E-state index contributed by atoms with van der Waals surface area (Å²) in [5.41, 5.74) is 4.06. The lowest BCUT2D eigenvalue weighted by Gasteiger charge is -2.19. The van der Waals surface area contributed by atoms with Crippen molar-refractivity contribution in [1.82, 2.24) is 5.32 Å². The Balaban J connectivity index is 2.30. The summed E-state index contributed by atoms with van der Waals surface area (Å²) in [5.74, 6) is 0. The molecule has 0 spiro atoms. The number of nitrogens with one attached hydrogen (secondary N) is 1. The molecule has 0 aliphatic carbocycles. The highest BCUT2D eigenvalue weighted by Crippen LogP contribution is 2.29. The second kappa shape index (κ2) is 6.17. The molecule has 2 rings (SSSR count). The molecule has 0 saturated carbocycles. The van der Waals surface area contributed by atoms with Crippen LogP contribution in [0, 0.1) is 13.8 Å². The fourth-order valence-corrected chi connectivity index (χ4v) is 3.12. The standard InChI is InChI=1S/C16H21NS/c1-4-10-17-15(16-13(3)9-11-18-16)14-7-5-12(2)6-8-14/h5-9,11,15,17H,4,10H2,1-3H3. The first-order chi connectivity index (χ1) is 8.72. The molecular formula is C16H21NS. The average molecular weight is 259 g/mol. The predicted molar refractivity (Wildman–Crippen MR) is 80.4 cm³/mol. The van der Waals surface area contributed by atoms with Crippen molar-refractivity contribution in [3.05, 3.63) is 57.3 Å². The van der Waals surface area contributed by atoms with Gasteiger partial charge in [0.1, 0.15) is 0 Å². The Bertz CT molecular complexity index is 484. The van der Waals surface area contributed by atoms with E-state index in [1.807, 2.05) is 11.3 Å². The van der Waals surface area contributed by atoms with E-state index < -0.39 is 0 Å². The van der Waals surface area contributed by atoms with Crippen LogP contribution in [0.3, 0.4) is 0 Å². The van der Waals surface area contributed by atoms with E-state index in [0.717, 1.165) is 13.0 Å². The van der Waals surface area contributed by atoms with E-state index in [1.54, 1.807) is 0 Å². The molecule has 0 radical (unpaired) electrons. The van der Waals surface area contributed by atoms with Gasteiger partial charge in [0.15, 0.2) is 0 Å². The average Bonchev–Trinajstić information content (AvgIpc) is 2.78. The van der Waals surface area contributed by atoms with E-state index in [0.29, 0.717) is 6.04 Å². The Labute approximate surface area is 114 Å². The van der Waals surface area contributed by atoms with Crippen LogP contribution in [0.15, 0.2) is 35.7 Å².